The van der Waals surface area contributed by atoms with E-state index in [0.717, 1.165) is 16.7 Å². The molecule has 0 radical (unpaired) electrons. The van der Waals surface area contributed by atoms with Crippen molar-refractivity contribution in [2.45, 2.75) is 26.8 Å². The van der Waals surface area contributed by atoms with E-state index in [-0.39, 0.29) is 0 Å². The fraction of sp³-hybridized carbons (Fsp3) is 0.385. The predicted molar refractivity (Wildman–Crippen MR) is 69.7 cm³/mol. The largest absolute Gasteiger partial charge is 0.480 e. The molecule has 1 aromatic carbocycles. The standard InChI is InChI=1S/C13H18N2O3/c1-7-5-9(3)10(6-8(7)2)15(4)12(16)11(14)13(17)18/h5-6,11H,14H2,1-4H3,(H,17,18). The van der Waals surface area contributed by atoms with E-state index in [0.29, 0.717) is 5.69 Å². The zero-order valence-electron chi connectivity index (χ0n) is 11.0. The van der Waals surface area contributed by atoms with E-state index in [1.54, 1.807) is 0 Å². The number of carbonyl (C=O) groups excluding carboxylic acids is 1. The van der Waals surface area contributed by atoms with E-state index in [1.807, 2.05) is 32.9 Å². The molecular formula is C13H18N2O3. The van der Waals surface area contributed by atoms with Crippen LogP contribution < -0.4 is 10.6 Å². The van der Waals surface area contributed by atoms with Crippen molar-refractivity contribution in [1.82, 2.24) is 0 Å². The Kier molecular flexibility index (Phi) is 4.08. The molecule has 0 spiro atoms. The normalized spacial score (nSPS) is 12.1. The van der Waals surface area contributed by atoms with Gasteiger partial charge in [-0.1, -0.05) is 6.07 Å². The summed E-state index contributed by atoms with van der Waals surface area (Å²) in [6.45, 7) is 5.79. The number of hydrogen-bond acceptors (Lipinski definition) is 3. The van der Waals surface area contributed by atoms with Crippen molar-refractivity contribution < 1.29 is 14.7 Å². The third-order valence-corrected chi connectivity index (χ3v) is 3.04. The number of amides is 1. The van der Waals surface area contributed by atoms with E-state index in [1.165, 1.54) is 11.9 Å². The van der Waals surface area contributed by atoms with Crippen LogP contribution in [0.15, 0.2) is 12.1 Å². The quantitative estimate of drug-likeness (QED) is 0.783. The molecule has 0 heterocycles. The van der Waals surface area contributed by atoms with Crippen molar-refractivity contribution in [3.63, 3.8) is 0 Å². The van der Waals surface area contributed by atoms with Gasteiger partial charge in [-0.15, -0.1) is 0 Å². The average molecular weight is 250 g/mol. The second-order valence-electron chi connectivity index (χ2n) is 4.44. The lowest BCUT2D eigenvalue weighted by atomic mass is 10.0. The number of likely N-dealkylation sites (N-methyl/N-ethyl adjacent to an activating group) is 1. The van der Waals surface area contributed by atoms with E-state index in [4.69, 9.17) is 10.8 Å². The number of benzene rings is 1. The molecule has 1 unspecified atom stereocenters. The monoisotopic (exact) mass is 250 g/mol. The Bertz CT molecular complexity index is 497. The first-order chi connectivity index (χ1) is 8.25. The molecule has 0 saturated carbocycles. The van der Waals surface area contributed by atoms with Gasteiger partial charge in [0.25, 0.3) is 5.91 Å². The number of rotatable bonds is 3. The Labute approximate surface area is 106 Å². The van der Waals surface area contributed by atoms with Gasteiger partial charge in [0.1, 0.15) is 0 Å². The van der Waals surface area contributed by atoms with Crippen LogP contribution in [0.3, 0.4) is 0 Å². The number of nitrogens with zero attached hydrogens (tertiary/aromatic N) is 1. The summed E-state index contributed by atoms with van der Waals surface area (Å²) in [7, 11) is 1.53. The Balaban J connectivity index is 3.11. The number of aryl methyl sites for hydroxylation is 3. The van der Waals surface area contributed by atoms with Gasteiger partial charge in [-0.3, -0.25) is 4.79 Å². The molecule has 18 heavy (non-hydrogen) atoms. The summed E-state index contributed by atoms with van der Waals surface area (Å²) in [4.78, 5) is 23.9. The molecular weight excluding hydrogens is 232 g/mol. The molecule has 0 bridgehead atoms. The highest BCUT2D eigenvalue weighted by Crippen LogP contribution is 2.23. The molecule has 1 aromatic rings. The number of carboxylic acid groups (broad SMARTS) is 1. The highest BCUT2D eigenvalue weighted by atomic mass is 16.4. The number of carbonyl (C=O) groups is 2. The summed E-state index contributed by atoms with van der Waals surface area (Å²) in [6, 6.07) is 2.29. The Morgan fingerprint density at radius 1 is 1.17 bits per heavy atom. The second-order valence-corrected chi connectivity index (χ2v) is 4.44. The summed E-state index contributed by atoms with van der Waals surface area (Å²) in [5, 5.41) is 8.74. The van der Waals surface area contributed by atoms with Crippen molar-refractivity contribution in [3.05, 3.63) is 28.8 Å². The maximum Gasteiger partial charge on any atom is 0.330 e. The molecule has 5 heteroatoms. The summed E-state index contributed by atoms with van der Waals surface area (Å²) in [5.74, 6) is -1.96. The zero-order valence-corrected chi connectivity index (χ0v) is 11.0. The predicted octanol–water partition coefficient (Wildman–Crippen LogP) is 0.987. The van der Waals surface area contributed by atoms with E-state index < -0.39 is 17.9 Å². The molecule has 1 atom stereocenters. The van der Waals surface area contributed by atoms with Gasteiger partial charge >= 0.3 is 5.97 Å². The lowest BCUT2D eigenvalue weighted by molar-refractivity contribution is -0.142. The van der Waals surface area contributed by atoms with Crippen LogP contribution in [0.2, 0.25) is 0 Å². The van der Waals surface area contributed by atoms with Crippen LogP contribution in [0.5, 0.6) is 0 Å². The maximum absolute atomic E-state index is 11.9. The molecule has 3 N–H and O–H groups in total. The molecule has 0 aliphatic carbocycles. The molecule has 0 fully saturated rings. The van der Waals surface area contributed by atoms with Crippen LogP contribution in [0.1, 0.15) is 16.7 Å². The van der Waals surface area contributed by atoms with Crippen molar-refractivity contribution in [2.24, 2.45) is 5.73 Å². The first-order valence-electron chi connectivity index (χ1n) is 5.59. The highest BCUT2D eigenvalue weighted by molar-refractivity contribution is 6.08. The Morgan fingerprint density at radius 2 is 1.67 bits per heavy atom. The van der Waals surface area contributed by atoms with Crippen LogP contribution in [-0.2, 0) is 9.59 Å². The third-order valence-electron chi connectivity index (χ3n) is 3.04. The molecule has 0 saturated heterocycles. The van der Waals surface area contributed by atoms with Crippen molar-refractivity contribution in [2.75, 3.05) is 11.9 Å². The van der Waals surface area contributed by atoms with Gasteiger partial charge in [0.15, 0.2) is 6.04 Å². The lowest BCUT2D eigenvalue weighted by Crippen LogP contribution is -2.47. The average Bonchev–Trinajstić information content (AvgIpc) is 2.30. The summed E-state index contributed by atoms with van der Waals surface area (Å²) >= 11 is 0. The molecule has 0 aliphatic rings. The second kappa shape index (κ2) is 5.18. The van der Waals surface area contributed by atoms with Gasteiger partial charge in [0.2, 0.25) is 0 Å². The lowest BCUT2D eigenvalue weighted by Gasteiger charge is -2.22. The summed E-state index contributed by atoms with van der Waals surface area (Å²) in [6.07, 6.45) is 0. The van der Waals surface area contributed by atoms with Crippen LogP contribution in [-0.4, -0.2) is 30.1 Å². The van der Waals surface area contributed by atoms with Gasteiger partial charge in [-0.2, -0.15) is 0 Å². The van der Waals surface area contributed by atoms with E-state index in [2.05, 4.69) is 0 Å². The zero-order chi connectivity index (χ0) is 14.0. The van der Waals surface area contributed by atoms with Crippen LogP contribution in [0.4, 0.5) is 5.69 Å². The number of carboxylic acids is 1. The minimum atomic E-state index is -1.53. The molecule has 5 nitrogen and oxygen atoms in total. The maximum atomic E-state index is 11.9. The molecule has 98 valence electrons. The van der Waals surface area contributed by atoms with Crippen molar-refractivity contribution in [3.8, 4) is 0 Å². The Hall–Kier alpha value is -1.88. The number of anilines is 1. The third kappa shape index (κ3) is 2.68. The van der Waals surface area contributed by atoms with Gasteiger partial charge < -0.3 is 15.7 Å². The van der Waals surface area contributed by atoms with E-state index in [9.17, 15) is 9.59 Å². The number of hydrogen-bond donors (Lipinski definition) is 2. The number of aliphatic carboxylic acids is 1. The smallest absolute Gasteiger partial charge is 0.330 e. The van der Waals surface area contributed by atoms with Crippen LogP contribution in [0.25, 0.3) is 0 Å². The molecule has 1 rings (SSSR count). The summed E-state index contributed by atoms with van der Waals surface area (Å²) in [5.41, 5.74) is 9.08. The SMILES string of the molecule is Cc1cc(C)c(N(C)C(=O)C(N)C(=O)O)cc1C. The first-order valence-corrected chi connectivity index (χ1v) is 5.59. The Morgan fingerprint density at radius 3 is 2.17 bits per heavy atom. The summed E-state index contributed by atoms with van der Waals surface area (Å²) < 4.78 is 0. The van der Waals surface area contributed by atoms with Crippen molar-refractivity contribution >= 4 is 17.6 Å². The molecule has 0 aliphatic heterocycles. The van der Waals surface area contributed by atoms with Crippen LogP contribution in [0, 0.1) is 20.8 Å². The van der Waals surface area contributed by atoms with Gasteiger partial charge in [0, 0.05) is 12.7 Å². The molecule has 0 aromatic heterocycles. The minimum absolute atomic E-state index is 0.631. The van der Waals surface area contributed by atoms with Gasteiger partial charge in [0.05, 0.1) is 0 Å². The fourth-order valence-electron chi connectivity index (χ4n) is 1.74. The topological polar surface area (TPSA) is 83.6 Å². The first kappa shape index (κ1) is 14.2. The van der Waals surface area contributed by atoms with Gasteiger partial charge in [-0.25, -0.2) is 4.79 Å². The van der Waals surface area contributed by atoms with Gasteiger partial charge in [-0.05, 0) is 43.5 Å². The fourth-order valence-corrected chi connectivity index (χ4v) is 1.74. The number of nitrogens with two attached hydrogens (primary N) is 1. The molecule has 1 amide bonds. The van der Waals surface area contributed by atoms with Crippen molar-refractivity contribution in [1.29, 1.82) is 0 Å². The highest BCUT2D eigenvalue weighted by Gasteiger charge is 2.26. The minimum Gasteiger partial charge on any atom is -0.480 e. The van der Waals surface area contributed by atoms with E-state index >= 15 is 0 Å². The van der Waals surface area contributed by atoms with Crippen LogP contribution >= 0.6 is 0 Å².